The summed E-state index contributed by atoms with van der Waals surface area (Å²) in [6, 6.07) is 8.58. The second kappa shape index (κ2) is 12.4. The van der Waals surface area contributed by atoms with Crippen LogP contribution < -0.4 is 10.1 Å². The summed E-state index contributed by atoms with van der Waals surface area (Å²) in [6.45, 7) is 8.42. The van der Waals surface area contributed by atoms with Crippen LogP contribution in [0.1, 0.15) is 45.1 Å². The summed E-state index contributed by atoms with van der Waals surface area (Å²) in [5.74, 6) is 1.90. The molecule has 0 spiro atoms. The van der Waals surface area contributed by atoms with Crippen molar-refractivity contribution in [2.24, 2.45) is 4.99 Å². The Balaban J connectivity index is 0.00000364. The van der Waals surface area contributed by atoms with Crippen LogP contribution >= 0.6 is 24.0 Å². The van der Waals surface area contributed by atoms with Gasteiger partial charge < -0.3 is 19.7 Å². The van der Waals surface area contributed by atoms with Gasteiger partial charge in [0.15, 0.2) is 5.96 Å². The Morgan fingerprint density at radius 1 is 1.22 bits per heavy atom. The van der Waals surface area contributed by atoms with Crippen LogP contribution in [0.25, 0.3) is 0 Å². The van der Waals surface area contributed by atoms with E-state index >= 15 is 0 Å². The van der Waals surface area contributed by atoms with Crippen molar-refractivity contribution in [3.8, 4) is 5.75 Å². The lowest BCUT2D eigenvalue weighted by molar-refractivity contribution is 0.0512. The predicted octanol–water partition coefficient (Wildman–Crippen LogP) is 4.06. The molecule has 2 rings (SSSR count). The molecular weight excluding hydrogens is 453 g/mol. The maximum atomic E-state index is 5.65. The van der Waals surface area contributed by atoms with Gasteiger partial charge in [-0.2, -0.15) is 0 Å². The van der Waals surface area contributed by atoms with Crippen LogP contribution in [0.2, 0.25) is 0 Å². The second-order valence-corrected chi connectivity index (χ2v) is 7.03. The summed E-state index contributed by atoms with van der Waals surface area (Å²) in [4.78, 5) is 6.69. The van der Waals surface area contributed by atoms with Crippen LogP contribution in [0.3, 0.4) is 0 Å². The monoisotopic (exact) mass is 489 g/mol. The molecule has 0 aromatic heterocycles. The fourth-order valence-corrected chi connectivity index (χ4v) is 3.54. The number of nitrogens with zero attached hydrogens (tertiary/aromatic N) is 2. The number of hydrogen-bond acceptors (Lipinski definition) is 3. The fourth-order valence-electron chi connectivity index (χ4n) is 3.54. The van der Waals surface area contributed by atoms with Crippen molar-refractivity contribution < 1.29 is 9.47 Å². The highest BCUT2D eigenvalue weighted by atomic mass is 127. The van der Waals surface area contributed by atoms with Gasteiger partial charge in [0.05, 0.1) is 6.61 Å². The number of unbranched alkanes of at least 4 members (excludes halogenated alkanes) is 1. The van der Waals surface area contributed by atoms with Gasteiger partial charge in [-0.1, -0.05) is 25.5 Å². The Hall–Kier alpha value is -1.02. The van der Waals surface area contributed by atoms with Crippen LogP contribution in [-0.4, -0.2) is 57.9 Å². The number of nitrogens with one attached hydrogen (secondary N) is 1. The largest absolute Gasteiger partial charge is 0.494 e. The first-order valence-corrected chi connectivity index (χ1v) is 9.88. The van der Waals surface area contributed by atoms with Crippen molar-refractivity contribution in [3.05, 3.63) is 29.8 Å². The minimum atomic E-state index is 0. The van der Waals surface area contributed by atoms with Crippen LogP contribution in [-0.2, 0) is 10.2 Å². The van der Waals surface area contributed by atoms with Gasteiger partial charge in [-0.05, 0) is 43.9 Å². The molecule has 1 N–H and O–H groups in total. The molecule has 6 heteroatoms. The zero-order valence-corrected chi connectivity index (χ0v) is 19.6. The van der Waals surface area contributed by atoms with Crippen molar-refractivity contribution in [2.45, 2.75) is 44.9 Å². The predicted molar refractivity (Wildman–Crippen MR) is 124 cm³/mol. The quantitative estimate of drug-likeness (QED) is 0.340. The molecule has 1 aromatic rings. The van der Waals surface area contributed by atoms with Crippen molar-refractivity contribution in [1.82, 2.24) is 10.2 Å². The van der Waals surface area contributed by atoms with Crippen molar-refractivity contribution in [2.75, 3.05) is 47.0 Å². The molecule has 1 heterocycles. The maximum Gasteiger partial charge on any atom is 0.193 e. The van der Waals surface area contributed by atoms with Crippen LogP contribution in [0, 0.1) is 0 Å². The summed E-state index contributed by atoms with van der Waals surface area (Å²) in [5.41, 5.74) is 1.42. The second-order valence-electron chi connectivity index (χ2n) is 7.03. The molecule has 0 bridgehead atoms. The normalized spacial score (nSPS) is 16.4. The van der Waals surface area contributed by atoms with E-state index in [0.29, 0.717) is 6.61 Å². The average Bonchev–Trinajstić information content (AvgIpc) is 2.68. The van der Waals surface area contributed by atoms with E-state index in [0.717, 1.165) is 50.9 Å². The molecule has 1 aliphatic heterocycles. The van der Waals surface area contributed by atoms with Crippen LogP contribution in [0.5, 0.6) is 5.75 Å². The van der Waals surface area contributed by atoms with E-state index in [-0.39, 0.29) is 29.4 Å². The molecule has 27 heavy (non-hydrogen) atoms. The van der Waals surface area contributed by atoms with Gasteiger partial charge in [0.25, 0.3) is 0 Å². The highest BCUT2D eigenvalue weighted by Crippen LogP contribution is 2.35. The highest BCUT2D eigenvalue weighted by Gasteiger charge is 2.34. The molecular formula is C21H36IN3O2. The topological polar surface area (TPSA) is 46.1 Å². The minimum absolute atomic E-state index is 0. The van der Waals surface area contributed by atoms with Gasteiger partial charge in [0.2, 0.25) is 0 Å². The number of hydrogen-bond donors (Lipinski definition) is 1. The summed E-state index contributed by atoms with van der Waals surface area (Å²) in [5, 5.41) is 3.62. The molecule has 0 atom stereocenters. The van der Waals surface area contributed by atoms with Gasteiger partial charge in [-0.15, -0.1) is 24.0 Å². The zero-order valence-electron chi connectivity index (χ0n) is 17.3. The number of guanidine groups is 1. The lowest BCUT2D eigenvalue weighted by Crippen LogP contribution is -2.48. The van der Waals surface area contributed by atoms with Gasteiger partial charge in [0, 0.05) is 45.8 Å². The third kappa shape index (κ3) is 6.82. The molecule has 1 fully saturated rings. The molecule has 5 nitrogen and oxygen atoms in total. The molecule has 1 aromatic carbocycles. The summed E-state index contributed by atoms with van der Waals surface area (Å²) in [7, 11) is 3.97. The SMILES string of the molecule is CCCCN(C)C(=NC)NCC1(c2ccc(OCC)cc2)CCOCC1.I. The van der Waals surface area contributed by atoms with E-state index in [4.69, 9.17) is 9.47 Å². The van der Waals surface area contributed by atoms with E-state index in [9.17, 15) is 0 Å². The molecule has 0 unspecified atom stereocenters. The minimum Gasteiger partial charge on any atom is -0.494 e. The molecule has 1 saturated heterocycles. The van der Waals surface area contributed by atoms with Crippen molar-refractivity contribution in [3.63, 3.8) is 0 Å². The van der Waals surface area contributed by atoms with Crippen molar-refractivity contribution in [1.29, 1.82) is 0 Å². The summed E-state index contributed by atoms with van der Waals surface area (Å²) < 4.78 is 11.2. The molecule has 0 amide bonds. The van der Waals surface area contributed by atoms with Gasteiger partial charge >= 0.3 is 0 Å². The van der Waals surface area contributed by atoms with E-state index in [2.05, 4.69) is 53.4 Å². The van der Waals surface area contributed by atoms with Crippen LogP contribution in [0.15, 0.2) is 29.3 Å². The van der Waals surface area contributed by atoms with E-state index in [1.54, 1.807) is 0 Å². The standard InChI is InChI=1S/C21H35N3O2.HI/c1-5-7-14-24(4)20(22-3)23-17-21(12-15-25-16-13-21)18-8-10-19(11-9-18)26-6-2;/h8-11H,5-7,12-17H2,1-4H3,(H,22,23);1H. The molecule has 154 valence electrons. The number of rotatable bonds is 8. The van der Waals surface area contributed by atoms with Crippen LogP contribution in [0.4, 0.5) is 0 Å². The lowest BCUT2D eigenvalue weighted by atomic mass is 9.74. The Bertz CT molecular complexity index is 557. The summed E-state index contributed by atoms with van der Waals surface area (Å²) in [6.07, 6.45) is 4.40. The number of aliphatic imine (C=N–C) groups is 1. The third-order valence-corrected chi connectivity index (χ3v) is 5.23. The first-order valence-electron chi connectivity index (χ1n) is 9.88. The highest BCUT2D eigenvalue weighted by molar-refractivity contribution is 14.0. The lowest BCUT2D eigenvalue weighted by Gasteiger charge is -2.39. The van der Waals surface area contributed by atoms with Gasteiger partial charge in [0.1, 0.15) is 5.75 Å². The first kappa shape index (κ1) is 24.0. The van der Waals surface area contributed by atoms with Gasteiger partial charge in [-0.3, -0.25) is 4.99 Å². The van der Waals surface area contributed by atoms with E-state index in [1.165, 1.54) is 18.4 Å². The fraction of sp³-hybridized carbons (Fsp3) is 0.667. The first-order chi connectivity index (χ1) is 12.6. The van der Waals surface area contributed by atoms with Gasteiger partial charge in [-0.25, -0.2) is 0 Å². The zero-order chi connectivity index (χ0) is 18.8. The third-order valence-electron chi connectivity index (χ3n) is 5.23. The molecule has 0 saturated carbocycles. The molecule has 0 aliphatic carbocycles. The number of ether oxygens (including phenoxy) is 2. The van der Waals surface area contributed by atoms with E-state index in [1.807, 2.05) is 14.0 Å². The Labute approximate surface area is 181 Å². The number of halogens is 1. The van der Waals surface area contributed by atoms with Crippen molar-refractivity contribution >= 4 is 29.9 Å². The average molecular weight is 489 g/mol. The van der Waals surface area contributed by atoms with E-state index < -0.39 is 0 Å². The Kier molecular flexibility index (Phi) is 11.1. The smallest absolute Gasteiger partial charge is 0.193 e. The Morgan fingerprint density at radius 2 is 1.89 bits per heavy atom. The maximum absolute atomic E-state index is 5.65. The Morgan fingerprint density at radius 3 is 2.44 bits per heavy atom. The number of benzene rings is 1. The molecule has 1 aliphatic rings. The molecule has 0 radical (unpaired) electrons. The summed E-state index contributed by atoms with van der Waals surface area (Å²) >= 11 is 0.